The van der Waals surface area contributed by atoms with Crippen LogP contribution in [0.25, 0.3) is 10.6 Å². The first-order chi connectivity index (χ1) is 16.4. The number of piperidine rings is 1. The molecule has 2 heterocycles. The second kappa shape index (κ2) is 10.7. The van der Waals surface area contributed by atoms with Crippen molar-refractivity contribution in [1.82, 2.24) is 9.29 Å². The molecule has 9 heteroatoms. The van der Waals surface area contributed by atoms with Crippen LogP contribution >= 0.6 is 11.3 Å². The van der Waals surface area contributed by atoms with E-state index in [2.05, 4.69) is 10.3 Å². The fourth-order valence-corrected chi connectivity index (χ4v) is 6.34. The van der Waals surface area contributed by atoms with Gasteiger partial charge in [-0.15, -0.1) is 11.3 Å². The number of carbonyl (C=O) groups excluding carboxylic acids is 1. The predicted molar refractivity (Wildman–Crippen MR) is 135 cm³/mol. The summed E-state index contributed by atoms with van der Waals surface area (Å²) in [5.41, 5.74) is 2.85. The predicted octanol–water partition coefficient (Wildman–Crippen LogP) is 4.87. The van der Waals surface area contributed by atoms with E-state index in [-0.39, 0.29) is 17.2 Å². The number of aryl methyl sites for hydroxylation is 1. The molecule has 1 aliphatic heterocycles. The first-order valence-corrected chi connectivity index (χ1v) is 13.8. The number of ether oxygens (including phenoxy) is 1. The SMILES string of the molecule is CCOc1ccccc1-c1nc(CC(=O)Nc2cc(S(=O)(=O)N3CCCCC3)ccc2C)cs1. The monoisotopic (exact) mass is 499 g/mol. The van der Waals surface area contributed by atoms with Crippen molar-refractivity contribution in [2.75, 3.05) is 25.0 Å². The van der Waals surface area contributed by atoms with E-state index in [9.17, 15) is 13.2 Å². The summed E-state index contributed by atoms with van der Waals surface area (Å²) in [7, 11) is -3.57. The van der Waals surface area contributed by atoms with Crippen LogP contribution in [0.2, 0.25) is 0 Å². The van der Waals surface area contributed by atoms with E-state index in [4.69, 9.17) is 4.74 Å². The van der Waals surface area contributed by atoms with Gasteiger partial charge in [0.25, 0.3) is 0 Å². The molecule has 1 N–H and O–H groups in total. The van der Waals surface area contributed by atoms with Crippen molar-refractivity contribution in [2.24, 2.45) is 0 Å². The van der Waals surface area contributed by atoms with E-state index in [1.54, 1.807) is 18.2 Å². The summed E-state index contributed by atoms with van der Waals surface area (Å²) in [5.74, 6) is 0.517. The molecule has 34 heavy (non-hydrogen) atoms. The molecular weight excluding hydrogens is 470 g/mol. The Labute approximate surface area is 204 Å². The number of sulfonamides is 1. The van der Waals surface area contributed by atoms with E-state index >= 15 is 0 Å². The van der Waals surface area contributed by atoms with Crippen molar-refractivity contribution in [2.45, 2.75) is 44.4 Å². The lowest BCUT2D eigenvalue weighted by molar-refractivity contribution is -0.115. The molecule has 180 valence electrons. The third-order valence-corrected chi connectivity index (χ3v) is 8.57. The molecule has 0 aliphatic carbocycles. The fourth-order valence-electron chi connectivity index (χ4n) is 3.95. The first kappa shape index (κ1) is 24.4. The molecule has 0 spiro atoms. The Kier molecular flexibility index (Phi) is 7.65. The molecular formula is C25H29N3O4S2. The minimum Gasteiger partial charge on any atom is -0.493 e. The summed E-state index contributed by atoms with van der Waals surface area (Å²) in [4.78, 5) is 17.6. The summed E-state index contributed by atoms with van der Waals surface area (Å²) in [6.07, 6.45) is 2.89. The number of hydrogen-bond acceptors (Lipinski definition) is 6. The number of anilines is 1. The molecule has 0 saturated carbocycles. The molecule has 4 rings (SSSR count). The normalized spacial score (nSPS) is 14.6. The number of aromatic nitrogens is 1. The number of thiazole rings is 1. The summed E-state index contributed by atoms with van der Waals surface area (Å²) in [6.45, 7) is 5.41. The van der Waals surface area contributed by atoms with Crippen LogP contribution in [0.3, 0.4) is 0 Å². The van der Waals surface area contributed by atoms with Crippen LogP contribution in [0.5, 0.6) is 5.75 Å². The Hall–Kier alpha value is -2.75. The Balaban J connectivity index is 1.47. The second-order valence-electron chi connectivity index (χ2n) is 8.24. The van der Waals surface area contributed by atoms with Gasteiger partial charge in [0.1, 0.15) is 10.8 Å². The molecule has 7 nitrogen and oxygen atoms in total. The summed E-state index contributed by atoms with van der Waals surface area (Å²) >= 11 is 1.46. The highest BCUT2D eigenvalue weighted by Crippen LogP contribution is 2.32. The smallest absolute Gasteiger partial charge is 0.243 e. The Morgan fingerprint density at radius 1 is 1.15 bits per heavy atom. The molecule has 0 atom stereocenters. The van der Waals surface area contributed by atoms with Crippen LogP contribution in [0, 0.1) is 6.92 Å². The van der Waals surface area contributed by atoms with Crippen molar-refractivity contribution >= 4 is 33.0 Å². The van der Waals surface area contributed by atoms with Gasteiger partial charge in [-0.05, 0) is 56.5 Å². The molecule has 2 aromatic carbocycles. The van der Waals surface area contributed by atoms with E-state index in [0.29, 0.717) is 31.1 Å². The molecule has 0 unspecified atom stereocenters. The maximum absolute atomic E-state index is 13.0. The Morgan fingerprint density at radius 2 is 1.91 bits per heavy atom. The average molecular weight is 500 g/mol. The molecule has 1 fully saturated rings. The van der Waals surface area contributed by atoms with Crippen molar-refractivity contribution in [3.63, 3.8) is 0 Å². The molecule has 1 saturated heterocycles. The highest BCUT2D eigenvalue weighted by atomic mass is 32.2. The van der Waals surface area contributed by atoms with Gasteiger partial charge in [-0.25, -0.2) is 13.4 Å². The Bertz CT molecular complexity index is 1260. The lowest BCUT2D eigenvalue weighted by atomic mass is 10.2. The largest absolute Gasteiger partial charge is 0.493 e. The third kappa shape index (κ3) is 5.48. The summed E-state index contributed by atoms with van der Waals surface area (Å²) < 4.78 is 33.3. The maximum atomic E-state index is 13.0. The number of nitrogens with one attached hydrogen (secondary N) is 1. The van der Waals surface area contributed by atoms with Crippen molar-refractivity contribution in [3.8, 4) is 16.3 Å². The summed E-state index contributed by atoms with van der Waals surface area (Å²) in [5, 5.41) is 5.53. The zero-order valence-corrected chi connectivity index (χ0v) is 21.0. The van der Waals surface area contributed by atoms with Gasteiger partial charge in [-0.2, -0.15) is 4.31 Å². The molecule has 0 bridgehead atoms. The van der Waals surface area contributed by atoms with Crippen LogP contribution in [-0.2, 0) is 21.2 Å². The fraction of sp³-hybridized carbons (Fsp3) is 0.360. The molecule has 1 aliphatic rings. The molecule has 1 aromatic heterocycles. The molecule has 1 amide bonds. The van der Waals surface area contributed by atoms with E-state index in [1.807, 2.05) is 43.5 Å². The van der Waals surface area contributed by atoms with Crippen LogP contribution in [-0.4, -0.2) is 43.3 Å². The van der Waals surface area contributed by atoms with E-state index < -0.39 is 10.0 Å². The van der Waals surface area contributed by atoms with Gasteiger partial charge in [0.05, 0.1) is 29.2 Å². The van der Waals surface area contributed by atoms with Gasteiger partial charge >= 0.3 is 0 Å². The third-order valence-electron chi connectivity index (χ3n) is 5.75. The first-order valence-electron chi connectivity index (χ1n) is 11.5. The minimum atomic E-state index is -3.57. The van der Waals surface area contributed by atoms with Gasteiger partial charge in [0.2, 0.25) is 15.9 Å². The minimum absolute atomic E-state index is 0.0931. The summed E-state index contributed by atoms with van der Waals surface area (Å²) in [6, 6.07) is 12.6. The molecule has 0 radical (unpaired) electrons. The topological polar surface area (TPSA) is 88.6 Å². The standard InChI is InChI=1S/C25H29N3O4S2/c1-3-32-23-10-6-5-9-21(23)25-26-19(17-33-25)15-24(29)27-22-16-20(12-11-18(22)2)34(30,31)28-13-7-4-8-14-28/h5-6,9-12,16-17H,3-4,7-8,13-15H2,1-2H3,(H,27,29). The highest BCUT2D eigenvalue weighted by molar-refractivity contribution is 7.89. The number of carbonyl (C=O) groups is 1. The van der Waals surface area contributed by atoms with Crippen molar-refractivity contribution in [1.29, 1.82) is 0 Å². The number of benzene rings is 2. The van der Waals surface area contributed by atoms with Crippen LogP contribution in [0.1, 0.15) is 37.4 Å². The lowest BCUT2D eigenvalue weighted by Crippen LogP contribution is -2.35. The number of rotatable bonds is 8. The Morgan fingerprint density at radius 3 is 2.68 bits per heavy atom. The maximum Gasteiger partial charge on any atom is 0.243 e. The highest BCUT2D eigenvalue weighted by Gasteiger charge is 2.26. The van der Waals surface area contributed by atoms with Gasteiger partial charge in [0, 0.05) is 24.2 Å². The number of hydrogen-bond donors (Lipinski definition) is 1. The van der Waals surface area contributed by atoms with Crippen molar-refractivity contribution < 1.29 is 17.9 Å². The van der Waals surface area contributed by atoms with Crippen LogP contribution in [0.15, 0.2) is 52.7 Å². The number of amides is 1. The zero-order chi connectivity index (χ0) is 24.1. The quantitative estimate of drug-likeness (QED) is 0.478. The number of para-hydroxylation sites is 1. The van der Waals surface area contributed by atoms with Gasteiger partial charge < -0.3 is 10.1 Å². The second-order valence-corrected chi connectivity index (χ2v) is 11.0. The van der Waals surface area contributed by atoms with Gasteiger partial charge in [-0.1, -0.05) is 24.6 Å². The number of nitrogens with zero attached hydrogens (tertiary/aromatic N) is 2. The van der Waals surface area contributed by atoms with Crippen LogP contribution < -0.4 is 10.1 Å². The van der Waals surface area contributed by atoms with Gasteiger partial charge in [-0.3, -0.25) is 4.79 Å². The average Bonchev–Trinajstić information content (AvgIpc) is 3.29. The molecule has 3 aromatic rings. The van der Waals surface area contributed by atoms with E-state index in [0.717, 1.165) is 41.1 Å². The van der Waals surface area contributed by atoms with Crippen molar-refractivity contribution in [3.05, 3.63) is 59.1 Å². The zero-order valence-electron chi connectivity index (χ0n) is 19.4. The van der Waals surface area contributed by atoms with Crippen LogP contribution in [0.4, 0.5) is 5.69 Å². The van der Waals surface area contributed by atoms with Gasteiger partial charge in [0.15, 0.2) is 0 Å². The lowest BCUT2D eigenvalue weighted by Gasteiger charge is -2.26. The van der Waals surface area contributed by atoms with E-state index in [1.165, 1.54) is 15.6 Å².